The van der Waals surface area contributed by atoms with E-state index in [0.717, 1.165) is 35.2 Å². The van der Waals surface area contributed by atoms with Crippen LogP contribution < -0.4 is 9.64 Å². The molecule has 5 rings (SSSR count). The number of rotatable bonds is 6. The Morgan fingerprint density at radius 2 is 1.90 bits per heavy atom. The summed E-state index contributed by atoms with van der Waals surface area (Å²) >= 11 is 0. The van der Waals surface area contributed by atoms with E-state index >= 15 is 0 Å². The fourth-order valence-corrected chi connectivity index (χ4v) is 5.34. The molecule has 2 aromatic carbocycles. The summed E-state index contributed by atoms with van der Waals surface area (Å²) < 4.78 is 7.76. The molecular formula is C26H31N3O2. The third kappa shape index (κ3) is 4.06. The number of carbonyl (C=O) groups is 1. The lowest BCUT2D eigenvalue weighted by atomic mass is 9.87. The summed E-state index contributed by atoms with van der Waals surface area (Å²) in [7, 11) is 1.66. The summed E-state index contributed by atoms with van der Waals surface area (Å²) in [5.41, 5.74) is 3.13. The van der Waals surface area contributed by atoms with E-state index in [9.17, 15) is 4.79 Å². The zero-order chi connectivity index (χ0) is 21.2. The molecule has 5 heteroatoms. The molecule has 1 amide bonds. The first-order valence-corrected chi connectivity index (χ1v) is 11.6. The fraction of sp³-hybridized carbons (Fsp3) is 0.462. The quantitative estimate of drug-likeness (QED) is 0.529. The number of aryl methyl sites for hydroxylation is 1. The summed E-state index contributed by atoms with van der Waals surface area (Å²) in [4.78, 5) is 19.8. The number of aromatic nitrogens is 2. The van der Waals surface area contributed by atoms with Crippen LogP contribution in [-0.4, -0.2) is 29.1 Å². The third-order valence-corrected chi connectivity index (χ3v) is 7.02. The lowest BCUT2D eigenvalue weighted by Crippen LogP contribution is -2.24. The number of fused-ring (bicyclic) bond motifs is 1. The van der Waals surface area contributed by atoms with E-state index in [2.05, 4.69) is 22.8 Å². The number of anilines is 1. The number of amides is 1. The van der Waals surface area contributed by atoms with Crippen molar-refractivity contribution in [2.24, 2.45) is 5.92 Å². The van der Waals surface area contributed by atoms with E-state index in [0.29, 0.717) is 13.0 Å². The van der Waals surface area contributed by atoms with Gasteiger partial charge in [0.05, 0.1) is 18.1 Å². The Hall–Kier alpha value is -2.82. The lowest BCUT2D eigenvalue weighted by molar-refractivity contribution is -0.117. The Kier molecular flexibility index (Phi) is 5.66. The first kappa shape index (κ1) is 20.1. The number of imidazole rings is 1. The Labute approximate surface area is 184 Å². The van der Waals surface area contributed by atoms with Gasteiger partial charge in [0.1, 0.15) is 11.6 Å². The third-order valence-electron chi connectivity index (χ3n) is 7.02. The summed E-state index contributed by atoms with van der Waals surface area (Å²) in [5, 5.41) is 0. The van der Waals surface area contributed by atoms with E-state index in [-0.39, 0.29) is 11.8 Å². The van der Waals surface area contributed by atoms with E-state index in [1.807, 2.05) is 35.2 Å². The van der Waals surface area contributed by atoms with Gasteiger partial charge in [-0.25, -0.2) is 4.98 Å². The number of methoxy groups -OCH3 is 1. The topological polar surface area (TPSA) is 47.4 Å². The van der Waals surface area contributed by atoms with Gasteiger partial charge in [-0.15, -0.1) is 0 Å². The van der Waals surface area contributed by atoms with Crippen LogP contribution in [0.25, 0.3) is 11.0 Å². The van der Waals surface area contributed by atoms with Gasteiger partial charge in [-0.1, -0.05) is 50.3 Å². The highest BCUT2D eigenvalue weighted by molar-refractivity contribution is 5.96. The minimum atomic E-state index is 0.109. The van der Waals surface area contributed by atoms with Crippen molar-refractivity contribution < 1.29 is 9.53 Å². The average molecular weight is 418 g/mol. The summed E-state index contributed by atoms with van der Waals surface area (Å²) in [6.45, 7) is 1.66. The van der Waals surface area contributed by atoms with Crippen LogP contribution in [0, 0.1) is 5.92 Å². The van der Waals surface area contributed by atoms with Crippen molar-refractivity contribution in [1.29, 1.82) is 0 Å². The molecule has 162 valence electrons. The molecular weight excluding hydrogens is 386 g/mol. The molecule has 1 saturated heterocycles. The standard InChI is InChI=1S/C26H31N3O2/c1-31-22-11-7-10-21(17-22)29-18-20(16-25(29)30)26-27-23-12-5-6-13-24(23)28(26)15-14-19-8-3-2-4-9-19/h5-7,10-13,17,19-20H,2-4,8-9,14-16,18H2,1H3. The molecule has 1 unspecified atom stereocenters. The van der Waals surface area contributed by atoms with Crippen LogP contribution in [0.15, 0.2) is 48.5 Å². The molecule has 2 aliphatic rings. The van der Waals surface area contributed by atoms with Crippen molar-refractivity contribution in [2.45, 2.75) is 57.4 Å². The van der Waals surface area contributed by atoms with Gasteiger partial charge >= 0.3 is 0 Å². The van der Waals surface area contributed by atoms with Gasteiger partial charge in [-0.3, -0.25) is 4.79 Å². The SMILES string of the molecule is COc1cccc(N2CC(c3nc4ccccc4n3CCC3CCCCC3)CC2=O)c1. The van der Waals surface area contributed by atoms with Crippen molar-refractivity contribution in [1.82, 2.24) is 9.55 Å². The number of carbonyl (C=O) groups excluding carboxylic acids is 1. The molecule has 0 N–H and O–H groups in total. The first-order chi connectivity index (χ1) is 15.2. The number of para-hydroxylation sites is 2. The van der Waals surface area contributed by atoms with Crippen LogP contribution in [0.3, 0.4) is 0 Å². The minimum Gasteiger partial charge on any atom is -0.497 e. The smallest absolute Gasteiger partial charge is 0.227 e. The molecule has 5 nitrogen and oxygen atoms in total. The predicted octanol–water partition coefficient (Wildman–Crippen LogP) is 5.54. The van der Waals surface area contributed by atoms with Crippen molar-refractivity contribution in [3.63, 3.8) is 0 Å². The van der Waals surface area contributed by atoms with E-state index in [4.69, 9.17) is 9.72 Å². The number of nitrogens with zero attached hydrogens (tertiary/aromatic N) is 3. The molecule has 2 fully saturated rings. The first-order valence-electron chi connectivity index (χ1n) is 11.6. The molecule has 31 heavy (non-hydrogen) atoms. The van der Waals surface area contributed by atoms with Gasteiger partial charge in [0.2, 0.25) is 5.91 Å². The van der Waals surface area contributed by atoms with Crippen LogP contribution in [0.1, 0.15) is 56.7 Å². The molecule has 2 heterocycles. The lowest BCUT2D eigenvalue weighted by Gasteiger charge is -2.23. The molecule has 1 aliphatic carbocycles. The zero-order valence-corrected chi connectivity index (χ0v) is 18.3. The number of hydrogen-bond acceptors (Lipinski definition) is 3. The molecule has 1 aliphatic heterocycles. The maximum Gasteiger partial charge on any atom is 0.227 e. The average Bonchev–Trinajstić information content (AvgIpc) is 3.39. The van der Waals surface area contributed by atoms with Gasteiger partial charge in [0.15, 0.2) is 0 Å². The molecule has 1 atom stereocenters. The maximum atomic E-state index is 12.9. The Morgan fingerprint density at radius 3 is 2.74 bits per heavy atom. The number of hydrogen-bond donors (Lipinski definition) is 0. The maximum absolute atomic E-state index is 12.9. The van der Waals surface area contributed by atoms with Crippen molar-refractivity contribution in [2.75, 3.05) is 18.6 Å². The number of benzene rings is 2. The van der Waals surface area contributed by atoms with Crippen LogP contribution in [0.4, 0.5) is 5.69 Å². The van der Waals surface area contributed by atoms with E-state index < -0.39 is 0 Å². The van der Waals surface area contributed by atoms with Gasteiger partial charge < -0.3 is 14.2 Å². The Bertz CT molecular complexity index is 1070. The van der Waals surface area contributed by atoms with Crippen molar-refractivity contribution >= 4 is 22.6 Å². The second-order valence-corrected chi connectivity index (χ2v) is 9.01. The van der Waals surface area contributed by atoms with Crippen LogP contribution >= 0.6 is 0 Å². The fourth-order valence-electron chi connectivity index (χ4n) is 5.34. The molecule has 3 aromatic rings. The second kappa shape index (κ2) is 8.74. The normalized spacial score (nSPS) is 20.0. The zero-order valence-electron chi connectivity index (χ0n) is 18.3. The molecule has 0 radical (unpaired) electrons. The number of ether oxygens (including phenoxy) is 1. The van der Waals surface area contributed by atoms with Gasteiger partial charge in [0.25, 0.3) is 0 Å². The highest BCUT2D eigenvalue weighted by Gasteiger charge is 2.35. The Balaban J connectivity index is 1.42. The predicted molar refractivity (Wildman–Crippen MR) is 124 cm³/mol. The summed E-state index contributed by atoms with van der Waals surface area (Å²) in [6.07, 6.45) is 8.54. The van der Waals surface area contributed by atoms with Crippen molar-refractivity contribution in [3.8, 4) is 5.75 Å². The van der Waals surface area contributed by atoms with Crippen LogP contribution in [0.5, 0.6) is 5.75 Å². The minimum absolute atomic E-state index is 0.109. The largest absolute Gasteiger partial charge is 0.497 e. The molecule has 0 bridgehead atoms. The van der Waals surface area contributed by atoms with Crippen molar-refractivity contribution in [3.05, 3.63) is 54.4 Å². The highest BCUT2D eigenvalue weighted by Crippen LogP contribution is 2.35. The monoisotopic (exact) mass is 417 g/mol. The second-order valence-electron chi connectivity index (χ2n) is 9.01. The Morgan fingerprint density at radius 1 is 1.06 bits per heavy atom. The van der Waals surface area contributed by atoms with E-state index in [1.165, 1.54) is 44.0 Å². The van der Waals surface area contributed by atoms with Gasteiger partial charge in [0, 0.05) is 37.2 Å². The summed E-state index contributed by atoms with van der Waals surface area (Å²) in [5.74, 6) is 2.92. The van der Waals surface area contributed by atoms with Crippen LogP contribution in [-0.2, 0) is 11.3 Å². The van der Waals surface area contributed by atoms with Crippen LogP contribution in [0.2, 0.25) is 0 Å². The van der Waals surface area contributed by atoms with E-state index in [1.54, 1.807) is 7.11 Å². The molecule has 0 spiro atoms. The summed E-state index contributed by atoms with van der Waals surface area (Å²) in [6, 6.07) is 16.2. The highest BCUT2D eigenvalue weighted by atomic mass is 16.5. The van der Waals surface area contributed by atoms with Gasteiger partial charge in [-0.2, -0.15) is 0 Å². The molecule has 1 aromatic heterocycles. The molecule has 1 saturated carbocycles. The van der Waals surface area contributed by atoms with Gasteiger partial charge in [-0.05, 0) is 36.6 Å².